The molecule has 0 saturated carbocycles. The highest BCUT2D eigenvalue weighted by molar-refractivity contribution is 7.80. The monoisotopic (exact) mass is 391 g/mol. The number of nitrogens with one attached hydrogen (secondary N) is 2. The second kappa shape index (κ2) is 7.82. The molecule has 1 aromatic heterocycles. The van der Waals surface area contributed by atoms with Crippen LogP contribution in [0.5, 0.6) is 0 Å². The fourth-order valence-corrected chi connectivity index (χ4v) is 2.83. The molecule has 0 spiro atoms. The first-order chi connectivity index (χ1) is 12.0. The van der Waals surface area contributed by atoms with Crippen LogP contribution in [0.3, 0.4) is 0 Å². The van der Waals surface area contributed by atoms with Crippen molar-refractivity contribution in [2.45, 2.75) is 13.5 Å². The molecule has 0 aliphatic carbocycles. The highest BCUT2D eigenvalue weighted by Gasteiger charge is 2.07. The number of anilines is 2. The predicted molar refractivity (Wildman–Crippen MR) is 107 cm³/mol. The van der Waals surface area contributed by atoms with Crippen LogP contribution in [-0.4, -0.2) is 19.9 Å². The number of thiocarbonyl (C=S) groups is 1. The molecule has 2 N–H and O–H groups in total. The van der Waals surface area contributed by atoms with Crippen LogP contribution < -0.4 is 10.6 Å². The predicted octanol–water partition coefficient (Wildman–Crippen LogP) is 4.75. The van der Waals surface area contributed by atoms with Crippen LogP contribution in [0.15, 0.2) is 48.8 Å². The number of benzene rings is 2. The molecule has 2 aromatic carbocycles. The zero-order chi connectivity index (χ0) is 17.8. The first-order valence-electron chi connectivity index (χ1n) is 7.47. The number of hydrogen-bond acceptors (Lipinski definition) is 3. The Morgan fingerprint density at radius 3 is 2.60 bits per heavy atom. The molecule has 128 valence electrons. The zero-order valence-electron chi connectivity index (χ0n) is 13.3. The Morgan fingerprint density at radius 2 is 1.88 bits per heavy atom. The van der Waals surface area contributed by atoms with E-state index in [0.717, 1.165) is 11.3 Å². The number of rotatable bonds is 4. The van der Waals surface area contributed by atoms with Crippen LogP contribution in [0, 0.1) is 6.92 Å². The summed E-state index contributed by atoms with van der Waals surface area (Å²) in [4.78, 5) is 4.20. The first kappa shape index (κ1) is 17.7. The summed E-state index contributed by atoms with van der Waals surface area (Å²) in [5.74, 6) is 0.412. The molecule has 8 heteroatoms. The van der Waals surface area contributed by atoms with Gasteiger partial charge in [0.15, 0.2) is 5.11 Å². The molecule has 0 atom stereocenters. The minimum atomic E-state index is 0.412. The van der Waals surface area contributed by atoms with Crippen molar-refractivity contribution in [3.8, 4) is 0 Å². The van der Waals surface area contributed by atoms with Gasteiger partial charge < -0.3 is 5.32 Å². The van der Waals surface area contributed by atoms with Crippen LogP contribution in [0.4, 0.5) is 11.6 Å². The summed E-state index contributed by atoms with van der Waals surface area (Å²) >= 11 is 17.4. The lowest BCUT2D eigenvalue weighted by molar-refractivity contribution is 0.687. The Bertz CT molecular complexity index is 892. The summed E-state index contributed by atoms with van der Waals surface area (Å²) in [5.41, 5.74) is 2.99. The molecule has 0 radical (unpaired) electrons. The van der Waals surface area contributed by atoms with Crippen LogP contribution in [-0.2, 0) is 6.54 Å². The highest BCUT2D eigenvalue weighted by atomic mass is 35.5. The van der Waals surface area contributed by atoms with Gasteiger partial charge in [0, 0.05) is 15.7 Å². The van der Waals surface area contributed by atoms with E-state index in [4.69, 9.17) is 35.4 Å². The van der Waals surface area contributed by atoms with Crippen molar-refractivity contribution >= 4 is 52.2 Å². The van der Waals surface area contributed by atoms with Gasteiger partial charge in [0.05, 0.1) is 6.54 Å². The highest BCUT2D eigenvalue weighted by Crippen LogP contribution is 2.21. The molecule has 25 heavy (non-hydrogen) atoms. The molecule has 0 bridgehead atoms. The van der Waals surface area contributed by atoms with Crippen LogP contribution in [0.2, 0.25) is 10.0 Å². The Morgan fingerprint density at radius 1 is 1.12 bits per heavy atom. The third kappa shape index (κ3) is 4.92. The minimum Gasteiger partial charge on any atom is -0.332 e. The average molecular weight is 392 g/mol. The number of aromatic nitrogens is 3. The fraction of sp³-hybridized carbons (Fsp3) is 0.118. The Kier molecular flexibility index (Phi) is 5.53. The maximum absolute atomic E-state index is 6.18. The first-order valence-corrected chi connectivity index (χ1v) is 8.64. The molecule has 0 unspecified atom stereocenters. The van der Waals surface area contributed by atoms with Crippen molar-refractivity contribution in [2.75, 3.05) is 10.6 Å². The maximum atomic E-state index is 6.18. The van der Waals surface area contributed by atoms with Crippen molar-refractivity contribution in [3.63, 3.8) is 0 Å². The normalized spacial score (nSPS) is 10.5. The van der Waals surface area contributed by atoms with Crippen LogP contribution in [0.1, 0.15) is 11.1 Å². The minimum absolute atomic E-state index is 0.412. The molecule has 5 nitrogen and oxygen atoms in total. The van der Waals surface area contributed by atoms with Gasteiger partial charge in [-0.25, -0.2) is 9.67 Å². The van der Waals surface area contributed by atoms with E-state index in [-0.39, 0.29) is 0 Å². The average Bonchev–Trinajstić information content (AvgIpc) is 2.99. The van der Waals surface area contributed by atoms with Gasteiger partial charge in [-0.3, -0.25) is 5.32 Å². The molecular formula is C17H15Cl2N5S. The second-order valence-electron chi connectivity index (χ2n) is 5.45. The van der Waals surface area contributed by atoms with Crippen molar-refractivity contribution in [1.29, 1.82) is 0 Å². The lowest BCUT2D eigenvalue weighted by atomic mass is 10.2. The number of nitrogens with zero attached hydrogens (tertiary/aromatic N) is 3. The van der Waals surface area contributed by atoms with Crippen molar-refractivity contribution in [2.24, 2.45) is 0 Å². The lowest BCUT2D eigenvalue weighted by Crippen LogP contribution is -2.20. The quantitative estimate of drug-likeness (QED) is 0.628. The molecule has 3 aromatic rings. The van der Waals surface area contributed by atoms with Gasteiger partial charge in [-0.15, -0.1) is 5.10 Å². The van der Waals surface area contributed by atoms with E-state index in [1.165, 1.54) is 5.56 Å². The van der Waals surface area contributed by atoms with E-state index < -0.39 is 0 Å². The summed E-state index contributed by atoms with van der Waals surface area (Å²) in [6, 6.07) is 13.3. The SMILES string of the molecule is Cc1ccc(NC(=S)Nc2ncn(Cc3ccc(Cl)cc3Cl)n2)cc1. The zero-order valence-corrected chi connectivity index (χ0v) is 15.7. The van der Waals surface area contributed by atoms with Gasteiger partial charge in [0.2, 0.25) is 5.95 Å². The van der Waals surface area contributed by atoms with Gasteiger partial charge in [-0.1, -0.05) is 47.0 Å². The summed E-state index contributed by atoms with van der Waals surface area (Å²) in [6.07, 6.45) is 1.61. The van der Waals surface area contributed by atoms with E-state index in [1.807, 2.05) is 37.3 Å². The molecule has 0 saturated heterocycles. The summed E-state index contributed by atoms with van der Waals surface area (Å²) in [6.45, 7) is 2.52. The van der Waals surface area contributed by atoms with Crippen molar-refractivity contribution in [1.82, 2.24) is 14.8 Å². The van der Waals surface area contributed by atoms with E-state index >= 15 is 0 Å². The van der Waals surface area contributed by atoms with Crippen molar-refractivity contribution in [3.05, 3.63) is 70.0 Å². The number of hydrogen-bond donors (Lipinski definition) is 2. The smallest absolute Gasteiger partial charge is 0.248 e. The second-order valence-corrected chi connectivity index (χ2v) is 6.70. The summed E-state index contributed by atoms with van der Waals surface area (Å²) in [5, 5.41) is 12.0. The number of halogens is 2. The van der Waals surface area contributed by atoms with Gasteiger partial charge >= 0.3 is 0 Å². The third-order valence-corrected chi connectivity index (χ3v) is 4.21. The molecule has 0 aliphatic heterocycles. The third-order valence-electron chi connectivity index (χ3n) is 3.42. The fourth-order valence-electron chi connectivity index (χ4n) is 2.15. The van der Waals surface area contributed by atoms with E-state index in [9.17, 15) is 0 Å². The van der Waals surface area contributed by atoms with Crippen LogP contribution >= 0.6 is 35.4 Å². The van der Waals surface area contributed by atoms with Gasteiger partial charge in [-0.05, 0) is 49.0 Å². The number of aryl methyl sites for hydroxylation is 1. The Hall–Kier alpha value is -2.15. The van der Waals surface area contributed by atoms with E-state index in [1.54, 1.807) is 23.1 Å². The molecule has 1 heterocycles. The van der Waals surface area contributed by atoms with Crippen molar-refractivity contribution < 1.29 is 0 Å². The molecule has 3 rings (SSSR count). The van der Waals surface area contributed by atoms with Gasteiger partial charge in [0.25, 0.3) is 0 Å². The molecule has 0 amide bonds. The maximum Gasteiger partial charge on any atom is 0.248 e. The van der Waals surface area contributed by atoms with Crippen LogP contribution in [0.25, 0.3) is 0 Å². The molecular weight excluding hydrogens is 377 g/mol. The summed E-state index contributed by atoms with van der Waals surface area (Å²) < 4.78 is 1.67. The summed E-state index contributed by atoms with van der Waals surface area (Å²) in [7, 11) is 0. The lowest BCUT2D eigenvalue weighted by Gasteiger charge is -2.08. The topological polar surface area (TPSA) is 54.8 Å². The molecule has 0 aliphatic rings. The Balaban J connectivity index is 1.61. The largest absolute Gasteiger partial charge is 0.332 e. The van der Waals surface area contributed by atoms with E-state index in [2.05, 4.69) is 20.7 Å². The van der Waals surface area contributed by atoms with E-state index in [0.29, 0.717) is 27.7 Å². The Labute approximate surface area is 161 Å². The molecule has 0 fully saturated rings. The van der Waals surface area contributed by atoms with Gasteiger partial charge in [0.1, 0.15) is 6.33 Å². The van der Waals surface area contributed by atoms with Gasteiger partial charge in [-0.2, -0.15) is 0 Å². The standard InChI is InChI=1S/C17H15Cl2N5S/c1-11-2-6-14(7-3-11)21-17(25)22-16-20-10-24(23-16)9-12-4-5-13(18)8-15(12)19/h2-8,10H,9H2,1H3,(H2,21,22,23,25).